The van der Waals surface area contributed by atoms with Crippen LogP contribution < -0.4 is 33.8 Å². The molecule has 1 atom stereocenters. The molecule has 0 saturated heterocycles. The molecule has 4 aromatic rings. The fourth-order valence-corrected chi connectivity index (χ4v) is 5.87. The van der Waals surface area contributed by atoms with Crippen molar-refractivity contribution in [1.29, 1.82) is 0 Å². The van der Waals surface area contributed by atoms with Crippen LogP contribution in [0.15, 0.2) is 82.1 Å². The highest BCUT2D eigenvalue weighted by Gasteiger charge is 2.35. The van der Waals surface area contributed by atoms with Crippen LogP contribution >= 0.6 is 11.3 Å². The van der Waals surface area contributed by atoms with E-state index in [1.807, 2.05) is 42.5 Å². The van der Waals surface area contributed by atoms with Crippen LogP contribution in [0, 0.1) is 0 Å². The van der Waals surface area contributed by atoms with E-state index in [2.05, 4.69) is 0 Å². The molecule has 0 fully saturated rings. The number of hydrogen-bond acceptors (Lipinski definition) is 9. The van der Waals surface area contributed by atoms with E-state index in [-0.39, 0.29) is 17.7 Å². The molecule has 0 unspecified atom stereocenters. The Kier molecular flexibility index (Phi) is 8.44. The zero-order valence-corrected chi connectivity index (χ0v) is 24.7. The van der Waals surface area contributed by atoms with Gasteiger partial charge < -0.3 is 23.7 Å². The first-order valence-corrected chi connectivity index (χ1v) is 14.0. The van der Waals surface area contributed by atoms with E-state index in [1.165, 1.54) is 23.0 Å². The average Bonchev–Trinajstić information content (AvgIpc) is 3.34. The maximum absolute atomic E-state index is 14.1. The number of rotatable bonds is 9. The summed E-state index contributed by atoms with van der Waals surface area (Å²) in [5.74, 6) is 1.54. The maximum atomic E-state index is 14.1. The van der Waals surface area contributed by atoms with Crippen molar-refractivity contribution < 1.29 is 28.5 Å². The molecule has 5 rings (SSSR count). The van der Waals surface area contributed by atoms with Crippen molar-refractivity contribution in [3.05, 3.63) is 109 Å². The summed E-state index contributed by atoms with van der Waals surface area (Å²) in [5, 5.41) is 0. The predicted molar refractivity (Wildman–Crippen MR) is 160 cm³/mol. The van der Waals surface area contributed by atoms with Gasteiger partial charge in [0.25, 0.3) is 5.56 Å². The third-order valence-electron chi connectivity index (χ3n) is 6.80. The number of methoxy groups -OCH3 is 4. The minimum atomic E-state index is -0.845. The van der Waals surface area contributed by atoms with E-state index in [4.69, 9.17) is 28.7 Å². The number of nitrogens with zero attached hydrogens (tertiary/aromatic N) is 2. The summed E-state index contributed by atoms with van der Waals surface area (Å²) in [6, 6.07) is 19.3. The normalized spacial score (nSPS) is 14.6. The van der Waals surface area contributed by atoms with Crippen molar-refractivity contribution in [1.82, 2.24) is 4.57 Å². The van der Waals surface area contributed by atoms with E-state index in [0.29, 0.717) is 43.6 Å². The molecular formula is C32H30N2O7S. The Bertz CT molecular complexity index is 1840. The van der Waals surface area contributed by atoms with Gasteiger partial charge in [-0.05, 0) is 48.4 Å². The molecule has 42 heavy (non-hydrogen) atoms. The van der Waals surface area contributed by atoms with Crippen LogP contribution in [0.25, 0.3) is 11.8 Å². The fraction of sp³-hybridized carbons (Fsp3) is 0.219. The highest BCUT2D eigenvalue weighted by Crippen LogP contribution is 2.38. The first kappa shape index (κ1) is 28.7. The molecule has 0 amide bonds. The Balaban J connectivity index is 1.82. The van der Waals surface area contributed by atoms with Crippen molar-refractivity contribution in [2.75, 3.05) is 35.0 Å². The minimum Gasteiger partial charge on any atom is -0.493 e. The van der Waals surface area contributed by atoms with Gasteiger partial charge in [-0.3, -0.25) is 9.36 Å². The van der Waals surface area contributed by atoms with Crippen molar-refractivity contribution in [2.24, 2.45) is 4.99 Å². The monoisotopic (exact) mass is 586 g/mol. The summed E-state index contributed by atoms with van der Waals surface area (Å²) in [6.45, 7) is 1.90. The highest BCUT2D eigenvalue weighted by atomic mass is 32.1. The standard InChI is InChI=1S/C32H30N2O7S/c1-6-41-31(36)27-28(20-10-8-7-9-11-20)33-32-34(29(27)21-13-15-23(38-3)25(18-21)40-5)30(35)26(42-32)17-19-12-14-22(37-2)24(16-19)39-4/h7-18,29H,6H2,1-5H3/b26-17-/t29-/m0/s1. The minimum absolute atomic E-state index is 0.160. The molecule has 3 aromatic carbocycles. The predicted octanol–water partition coefficient (Wildman–Crippen LogP) is 3.97. The smallest absolute Gasteiger partial charge is 0.338 e. The summed E-state index contributed by atoms with van der Waals surface area (Å²) in [5.41, 5.74) is 2.49. The van der Waals surface area contributed by atoms with Gasteiger partial charge in [0.05, 0.1) is 56.9 Å². The topological polar surface area (TPSA) is 97.6 Å². The van der Waals surface area contributed by atoms with Crippen molar-refractivity contribution >= 4 is 29.1 Å². The summed E-state index contributed by atoms with van der Waals surface area (Å²) in [6.07, 6.45) is 1.77. The Morgan fingerprint density at radius 1 is 0.881 bits per heavy atom. The number of carbonyl (C=O) groups excluding carboxylic acids is 1. The number of esters is 1. The lowest BCUT2D eigenvalue weighted by Crippen LogP contribution is -2.40. The van der Waals surface area contributed by atoms with Gasteiger partial charge in [-0.25, -0.2) is 9.79 Å². The largest absolute Gasteiger partial charge is 0.493 e. The van der Waals surface area contributed by atoms with Crippen LogP contribution in [0.1, 0.15) is 29.7 Å². The lowest BCUT2D eigenvalue weighted by Gasteiger charge is -2.26. The highest BCUT2D eigenvalue weighted by molar-refractivity contribution is 7.07. The van der Waals surface area contributed by atoms with Crippen LogP contribution in [0.5, 0.6) is 23.0 Å². The van der Waals surface area contributed by atoms with Crippen LogP contribution in [0.2, 0.25) is 0 Å². The molecule has 0 N–H and O–H groups in total. The summed E-state index contributed by atoms with van der Waals surface area (Å²) < 4.78 is 29.3. The van der Waals surface area contributed by atoms with Crippen LogP contribution in [-0.4, -0.2) is 45.6 Å². The molecule has 0 spiro atoms. The van der Waals surface area contributed by atoms with Crippen molar-refractivity contribution in [3.8, 4) is 23.0 Å². The van der Waals surface area contributed by atoms with E-state index >= 15 is 0 Å². The van der Waals surface area contributed by atoms with Gasteiger partial charge in [-0.2, -0.15) is 0 Å². The van der Waals surface area contributed by atoms with E-state index < -0.39 is 12.0 Å². The average molecular weight is 587 g/mol. The van der Waals surface area contributed by atoms with Gasteiger partial charge in [-0.15, -0.1) is 0 Å². The second kappa shape index (κ2) is 12.4. The molecule has 2 heterocycles. The first-order valence-electron chi connectivity index (χ1n) is 13.2. The molecule has 1 aromatic heterocycles. The third kappa shape index (κ3) is 5.28. The van der Waals surface area contributed by atoms with Gasteiger partial charge in [0.2, 0.25) is 0 Å². The Morgan fingerprint density at radius 3 is 2.17 bits per heavy atom. The number of benzene rings is 3. The van der Waals surface area contributed by atoms with Gasteiger partial charge in [0.1, 0.15) is 0 Å². The summed E-state index contributed by atoms with van der Waals surface area (Å²) in [4.78, 5) is 33.1. The Hall–Kier alpha value is -4.83. The maximum Gasteiger partial charge on any atom is 0.338 e. The van der Waals surface area contributed by atoms with Gasteiger partial charge in [-0.1, -0.05) is 53.8 Å². The molecule has 1 aliphatic heterocycles. The van der Waals surface area contributed by atoms with E-state index in [0.717, 1.165) is 11.1 Å². The first-order chi connectivity index (χ1) is 20.4. The number of hydrogen-bond donors (Lipinski definition) is 0. The molecular weight excluding hydrogens is 556 g/mol. The van der Waals surface area contributed by atoms with Gasteiger partial charge in [0.15, 0.2) is 27.8 Å². The molecule has 0 radical (unpaired) electrons. The second-order valence-electron chi connectivity index (χ2n) is 9.16. The number of ether oxygens (including phenoxy) is 5. The molecule has 0 aliphatic carbocycles. The Labute approximate surface area is 246 Å². The second-order valence-corrected chi connectivity index (χ2v) is 10.2. The fourth-order valence-electron chi connectivity index (χ4n) is 4.87. The summed E-state index contributed by atoms with van der Waals surface area (Å²) >= 11 is 1.24. The number of thiazole rings is 1. The van der Waals surface area contributed by atoms with Crippen molar-refractivity contribution in [3.63, 3.8) is 0 Å². The van der Waals surface area contributed by atoms with E-state index in [9.17, 15) is 9.59 Å². The molecule has 10 heteroatoms. The zero-order chi connectivity index (χ0) is 29.8. The zero-order valence-electron chi connectivity index (χ0n) is 23.9. The SMILES string of the molecule is CCOC(=O)C1=C(c2ccccc2)N=c2s/c(=C\c3ccc(OC)c(OC)c3)c(=O)n2[C@H]1c1ccc(OC)c(OC)c1. The van der Waals surface area contributed by atoms with Crippen LogP contribution in [0.4, 0.5) is 0 Å². The van der Waals surface area contributed by atoms with Crippen LogP contribution in [0.3, 0.4) is 0 Å². The number of fused-ring (bicyclic) bond motifs is 1. The van der Waals surface area contributed by atoms with Crippen LogP contribution in [-0.2, 0) is 9.53 Å². The molecule has 0 bridgehead atoms. The third-order valence-corrected chi connectivity index (χ3v) is 7.79. The molecule has 9 nitrogen and oxygen atoms in total. The number of aromatic nitrogens is 1. The lowest BCUT2D eigenvalue weighted by atomic mass is 9.93. The molecule has 0 saturated carbocycles. The van der Waals surface area contributed by atoms with Crippen molar-refractivity contribution in [2.45, 2.75) is 13.0 Å². The quantitative estimate of drug-likeness (QED) is 0.274. The lowest BCUT2D eigenvalue weighted by molar-refractivity contribution is -0.138. The molecule has 216 valence electrons. The molecule has 1 aliphatic rings. The number of carbonyl (C=O) groups is 1. The Morgan fingerprint density at radius 2 is 1.52 bits per heavy atom. The van der Waals surface area contributed by atoms with E-state index in [1.54, 1.807) is 58.6 Å². The summed E-state index contributed by atoms with van der Waals surface area (Å²) in [7, 11) is 6.20. The van der Waals surface area contributed by atoms with Gasteiger partial charge in [0, 0.05) is 5.56 Å². The van der Waals surface area contributed by atoms with Gasteiger partial charge >= 0.3 is 5.97 Å².